The maximum Gasteiger partial charge on any atom is 0.227 e. The zero-order valence-corrected chi connectivity index (χ0v) is 8.16. The number of nitrogens with one attached hydrogen (secondary N) is 1. The summed E-state index contributed by atoms with van der Waals surface area (Å²) in [7, 11) is 0. The lowest BCUT2D eigenvalue weighted by Gasteiger charge is -2.09. The topological polar surface area (TPSA) is 55.1 Å². The van der Waals surface area contributed by atoms with E-state index >= 15 is 0 Å². The number of rotatable bonds is 1. The number of nitrogens with two attached hydrogens (primary N) is 1. The molecular formula is C11H14N2O. The van der Waals surface area contributed by atoms with Crippen LogP contribution in [0.2, 0.25) is 0 Å². The fourth-order valence-corrected chi connectivity index (χ4v) is 1.96. The van der Waals surface area contributed by atoms with Crippen molar-refractivity contribution in [1.29, 1.82) is 0 Å². The lowest BCUT2D eigenvalue weighted by atomic mass is 9.95. The number of hydrogen-bond acceptors (Lipinski definition) is 2. The van der Waals surface area contributed by atoms with Crippen LogP contribution in [0.4, 0.5) is 5.69 Å². The number of nitrogen functional groups attached to an aromatic ring is 1. The molecule has 1 aromatic rings. The van der Waals surface area contributed by atoms with Crippen molar-refractivity contribution in [3.8, 4) is 0 Å². The summed E-state index contributed by atoms with van der Waals surface area (Å²) in [6, 6.07) is 7.83. The van der Waals surface area contributed by atoms with E-state index in [0.29, 0.717) is 5.69 Å². The Labute approximate surface area is 83.3 Å². The van der Waals surface area contributed by atoms with E-state index in [-0.39, 0.29) is 17.9 Å². The highest BCUT2D eigenvalue weighted by atomic mass is 16.2. The molecule has 3 nitrogen and oxygen atoms in total. The Morgan fingerprint density at radius 1 is 1.43 bits per heavy atom. The van der Waals surface area contributed by atoms with Gasteiger partial charge in [-0.25, -0.2) is 0 Å². The summed E-state index contributed by atoms with van der Waals surface area (Å²) in [5, 5.41) is 2.90. The number of carbonyl (C=O) groups is 1. The van der Waals surface area contributed by atoms with Crippen LogP contribution in [0, 0.1) is 0 Å². The quantitative estimate of drug-likeness (QED) is 0.655. The van der Waals surface area contributed by atoms with E-state index in [1.54, 1.807) is 0 Å². The predicted octanol–water partition coefficient (Wildman–Crippen LogP) is 1.26. The zero-order valence-electron chi connectivity index (χ0n) is 8.16. The van der Waals surface area contributed by atoms with Crippen molar-refractivity contribution in [2.45, 2.75) is 25.3 Å². The Balaban J connectivity index is 2.32. The molecule has 0 radical (unpaired) electrons. The van der Waals surface area contributed by atoms with E-state index in [0.717, 1.165) is 12.0 Å². The second-order valence-electron chi connectivity index (χ2n) is 3.83. The van der Waals surface area contributed by atoms with Crippen molar-refractivity contribution in [3.05, 3.63) is 29.8 Å². The average molecular weight is 190 g/mol. The SMILES string of the molecule is C[C@H]1C[C@@H](c2ccccc2N)C(=O)N1. The third-order valence-electron chi connectivity index (χ3n) is 2.67. The molecule has 0 bridgehead atoms. The van der Waals surface area contributed by atoms with Crippen LogP contribution >= 0.6 is 0 Å². The molecule has 2 atom stereocenters. The van der Waals surface area contributed by atoms with E-state index in [1.807, 2.05) is 31.2 Å². The molecule has 1 aromatic carbocycles. The molecule has 0 spiro atoms. The van der Waals surface area contributed by atoms with Gasteiger partial charge in [0.15, 0.2) is 0 Å². The van der Waals surface area contributed by atoms with Gasteiger partial charge in [-0.05, 0) is 25.0 Å². The first-order chi connectivity index (χ1) is 6.68. The summed E-state index contributed by atoms with van der Waals surface area (Å²) in [6.07, 6.45) is 0.840. The summed E-state index contributed by atoms with van der Waals surface area (Å²) in [6.45, 7) is 2.01. The van der Waals surface area contributed by atoms with Crippen LogP contribution in [-0.4, -0.2) is 11.9 Å². The number of carbonyl (C=O) groups excluding carboxylic acids is 1. The smallest absolute Gasteiger partial charge is 0.227 e. The van der Waals surface area contributed by atoms with Crippen LogP contribution < -0.4 is 11.1 Å². The van der Waals surface area contributed by atoms with Crippen LogP contribution in [0.15, 0.2) is 24.3 Å². The van der Waals surface area contributed by atoms with Crippen LogP contribution in [0.3, 0.4) is 0 Å². The molecule has 1 amide bonds. The molecule has 14 heavy (non-hydrogen) atoms. The molecule has 3 heteroatoms. The van der Waals surface area contributed by atoms with Crippen LogP contribution in [0.5, 0.6) is 0 Å². The summed E-state index contributed by atoms with van der Waals surface area (Å²) < 4.78 is 0. The van der Waals surface area contributed by atoms with Crippen molar-refractivity contribution in [1.82, 2.24) is 5.32 Å². The van der Waals surface area contributed by atoms with Crippen molar-refractivity contribution < 1.29 is 4.79 Å². The second-order valence-corrected chi connectivity index (χ2v) is 3.83. The molecule has 74 valence electrons. The Morgan fingerprint density at radius 3 is 2.71 bits per heavy atom. The minimum atomic E-state index is -0.0637. The van der Waals surface area contributed by atoms with Crippen LogP contribution in [0.1, 0.15) is 24.8 Å². The molecule has 0 saturated carbocycles. The first-order valence-corrected chi connectivity index (χ1v) is 4.83. The molecular weight excluding hydrogens is 176 g/mol. The van der Waals surface area contributed by atoms with Gasteiger partial charge in [0, 0.05) is 11.7 Å². The van der Waals surface area contributed by atoms with Crippen molar-refractivity contribution in [2.75, 3.05) is 5.73 Å². The highest BCUT2D eigenvalue weighted by Crippen LogP contribution is 2.30. The fourth-order valence-electron chi connectivity index (χ4n) is 1.96. The van der Waals surface area contributed by atoms with Gasteiger partial charge in [0.05, 0.1) is 5.92 Å². The molecule has 1 saturated heterocycles. The number of benzene rings is 1. The molecule has 1 heterocycles. The van der Waals surface area contributed by atoms with Gasteiger partial charge >= 0.3 is 0 Å². The van der Waals surface area contributed by atoms with Crippen LogP contribution in [0.25, 0.3) is 0 Å². The normalized spacial score (nSPS) is 26.2. The fraction of sp³-hybridized carbons (Fsp3) is 0.364. The number of para-hydroxylation sites is 1. The molecule has 3 N–H and O–H groups in total. The first kappa shape index (κ1) is 9.06. The highest BCUT2D eigenvalue weighted by Gasteiger charge is 2.31. The van der Waals surface area contributed by atoms with Crippen molar-refractivity contribution >= 4 is 11.6 Å². The van der Waals surface area contributed by atoms with E-state index in [9.17, 15) is 4.79 Å². The van der Waals surface area contributed by atoms with E-state index < -0.39 is 0 Å². The summed E-state index contributed by atoms with van der Waals surface area (Å²) in [5.41, 5.74) is 7.49. The third-order valence-corrected chi connectivity index (χ3v) is 2.67. The molecule has 0 aliphatic carbocycles. The Morgan fingerprint density at radius 2 is 2.14 bits per heavy atom. The number of amides is 1. The van der Waals surface area contributed by atoms with E-state index in [4.69, 9.17) is 5.73 Å². The predicted molar refractivity (Wildman–Crippen MR) is 55.8 cm³/mol. The van der Waals surface area contributed by atoms with Crippen molar-refractivity contribution in [2.24, 2.45) is 0 Å². The molecule has 1 aliphatic rings. The Bertz CT molecular complexity index is 362. The third kappa shape index (κ3) is 1.45. The molecule has 2 rings (SSSR count). The monoisotopic (exact) mass is 190 g/mol. The lowest BCUT2D eigenvalue weighted by molar-refractivity contribution is -0.120. The first-order valence-electron chi connectivity index (χ1n) is 4.83. The Hall–Kier alpha value is -1.51. The molecule has 0 unspecified atom stereocenters. The molecule has 0 aromatic heterocycles. The standard InChI is InChI=1S/C11H14N2O/c1-7-6-9(11(14)13-7)8-4-2-3-5-10(8)12/h2-5,7,9H,6,12H2,1H3,(H,13,14)/t7-,9-/m0/s1. The minimum Gasteiger partial charge on any atom is -0.398 e. The summed E-state index contributed by atoms with van der Waals surface area (Å²) in [5.74, 6) is 0.0293. The van der Waals surface area contributed by atoms with Gasteiger partial charge in [0.1, 0.15) is 0 Å². The zero-order chi connectivity index (χ0) is 10.1. The van der Waals surface area contributed by atoms with E-state index in [1.165, 1.54) is 0 Å². The number of hydrogen-bond donors (Lipinski definition) is 2. The highest BCUT2D eigenvalue weighted by molar-refractivity contribution is 5.87. The lowest BCUT2D eigenvalue weighted by Crippen LogP contribution is -2.23. The van der Waals surface area contributed by atoms with Gasteiger partial charge in [0.2, 0.25) is 5.91 Å². The van der Waals surface area contributed by atoms with Gasteiger partial charge in [-0.3, -0.25) is 4.79 Å². The van der Waals surface area contributed by atoms with Gasteiger partial charge in [-0.2, -0.15) is 0 Å². The largest absolute Gasteiger partial charge is 0.398 e. The van der Waals surface area contributed by atoms with Gasteiger partial charge < -0.3 is 11.1 Å². The maximum atomic E-state index is 11.6. The minimum absolute atomic E-state index is 0.0637. The average Bonchev–Trinajstić information content (AvgIpc) is 2.46. The molecule has 1 fully saturated rings. The maximum absolute atomic E-state index is 11.6. The summed E-state index contributed by atoms with van der Waals surface area (Å²) in [4.78, 5) is 11.6. The molecule has 1 aliphatic heterocycles. The van der Waals surface area contributed by atoms with Gasteiger partial charge in [-0.15, -0.1) is 0 Å². The van der Waals surface area contributed by atoms with E-state index in [2.05, 4.69) is 5.32 Å². The van der Waals surface area contributed by atoms with Crippen LogP contribution in [-0.2, 0) is 4.79 Å². The Kier molecular flexibility index (Phi) is 2.15. The van der Waals surface area contributed by atoms with Gasteiger partial charge in [-0.1, -0.05) is 18.2 Å². The van der Waals surface area contributed by atoms with Crippen molar-refractivity contribution in [3.63, 3.8) is 0 Å². The number of anilines is 1. The second kappa shape index (κ2) is 3.33. The summed E-state index contributed by atoms with van der Waals surface area (Å²) >= 11 is 0. The van der Waals surface area contributed by atoms with Gasteiger partial charge in [0.25, 0.3) is 0 Å².